The minimum atomic E-state index is 0.244. The number of aliphatic imine (C=N–C) groups is 1. The van der Waals surface area contributed by atoms with Crippen LogP contribution < -0.4 is 0 Å². The van der Waals surface area contributed by atoms with Gasteiger partial charge in [0.1, 0.15) is 5.75 Å². The number of nitrogens with zero attached hydrogens (tertiary/aromatic N) is 1. The molecule has 1 aromatic rings. The van der Waals surface area contributed by atoms with E-state index in [-0.39, 0.29) is 5.75 Å². The van der Waals surface area contributed by atoms with Crippen molar-refractivity contribution in [3.8, 4) is 5.75 Å². The fourth-order valence-corrected chi connectivity index (χ4v) is 1.18. The summed E-state index contributed by atoms with van der Waals surface area (Å²) in [5, 5.41) is 9.23. The van der Waals surface area contributed by atoms with Crippen LogP contribution in [0.5, 0.6) is 5.75 Å². The van der Waals surface area contributed by atoms with E-state index in [1.165, 1.54) is 0 Å². The number of phenolic OH excluding ortho intramolecular Hbond substituents is 1. The molecule has 0 amide bonds. The quantitative estimate of drug-likeness (QED) is 0.639. The van der Waals surface area contributed by atoms with E-state index in [1.807, 2.05) is 30.4 Å². The summed E-state index contributed by atoms with van der Waals surface area (Å²) in [6.45, 7) is 0. The van der Waals surface area contributed by atoms with Gasteiger partial charge in [0.2, 0.25) is 0 Å². The van der Waals surface area contributed by atoms with Gasteiger partial charge in [-0.2, -0.15) is 0 Å². The summed E-state index contributed by atoms with van der Waals surface area (Å²) in [5.74, 6) is 0.244. The molecular weight excluding hydrogens is 162 g/mol. The van der Waals surface area contributed by atoms with Crippen molar-refractivity contribution >= 4 is 18.0 Å². The van der Waals surface area contributed by atoms with Crippen LogP contribution in [0.25, 0.3) is 6.08 Å². The van der Waals surface area contributed by atoms with Crippen molar-refractivity contribution in [1.82, 2.24) is 0 Å². The third-order valence-electron chi connectivity index (χ3n) is 1.81. The highest BCUT2D eigenvalue weighted by Crippen LogP contribution is 2.25. The molecule has 1 heterocycles. The Labute approximate surface area is 76.6 Å². The smallest absolute Gasteiger partial charge is 0.117 e. The molecule has 0 saturated carbocycles. The number of hydrogen-bond acceptors (Lipinski definition) is 2. The zero-order valence-corrected chi connectivity index (χ0v) is 7.01. The van der Waals surface area contributed by atoms with Crippen molar-refractivity contribution in [1.29, 1.82) is 0 Å². The number of benzene rings is 1. The molecule has 2 rings (SSSR count). The molecule has 1 aliphatic rings. The lowest BCUT2D eigenvalue weighted by atomic mass is 10.1. The second-order valence-corrected chi connectivity index (χ2v) is 2.77. The highest BCUT2D eigenvalue weighted by molar-refractivity contribution is 5.80. The molecule has 1 N–H and O–H groups in total. The van der Waals surface area contributed by atoms with Crippen LogP contribution in [0.3, 0.4) is 0 Å². The number of rotatable bonds is 0. The molecule has 13 heavy (non-hydrogen) atoms. The molecule has 0 radical (unpaired) electrons. The first kappa shape index (κ1) is 7.80. The SMILES string of the molecule is Oc1ccc2c(c1)\N=C/C=C\C=C/2. The predicted molar refractivity (Wildman–Crippen MR) is 54.4 cm³/mol. The number of fused-ring (bicyclic) bond motifs is 1. The Bertz CT molecular complexity index is 403. The van der Waals surface area contributed by atoms with E-state index in [9.17, 15) is 5.11 Å². The van der Waals surface area contributed by atoms with E-state index < -0.39 is 0 Å². The van der Waals surface area contributed by atoms with Crippen LogP contribution in [-0.2, 0) is 0 Å². The Morgan fingerprint density at radius 3 is 2.92 bits per heavy atom. The van der Waals surface area contributed by atoms with E-state index in [0.717, 1.165) is 11.3 Å². The van der Waals surface area contributed by atoms with Crippen molar-refractivity contribution < 1.29 is 5.11 Å². The Morgan fingerprint density at radius 2 is 2.00 bits per heavy atom. The largest absolute Gasteiger partial charge is 0.508 e. The van der Waals surface area contributed by atoms with Crippen LogP contribution in [0.2, 0.25) is 0 Å². The maximum atomic E-state index is 9.23. The van der Waals surface area contributed by atoms with Crippen molar-refractivity contribution in [2.45, 2.75) is 0 Å². The predicted octanol–water partition coefficient (Wildman–Crippen LogP) is 2.68. The van der Waals surface area contributed by atoms with E-state index >= 15 is 0 Å². The van der Waals surface area contributed by atoms with E-state index in [4.69, 9.17) is 0 Å². The minimum absolute atomic E-state index is 0.244. The Balaban J connectivity index is 2.56. The second-order valence-electron chi connectivity index (χ2n) is 2.77. The summed E-state index contributed by atoms with van der Waals surface area (Å²) >= 11 is 0. The molecule has 0 atom stereocenters. The molecule has 0 bridgehead atoms. The Morgan fingerprint density at radius 1 is 1.08 bits per heavy atom. The zero-order valence-electron chi connectivity index (χ0n) is 7.01. The topological polar surface area (TPSA) is 32.6 Å². The number of hydrogen-bond donors (Lipinski definition) is 1. The van der Waals surface area contributed by atoms with Crippen molar-refractivity contribution in [2.24, 2.45) is 4.99 Å². The fraction of sp³-hybridized carbons (Fsp3) is 0. The summed E-state index contributed by atoms with van der Waals surface area (Å²) in [5.41, 5.74) is 1.80. The second kappa shape index (κ2) is 3.27. The summed E-state index contributed by atoms with van der Waals surface area (Å²) in [6.07, 6.45) is 9.38. The first-order chi connectivity index (χ1) is 6.36. The van der Waals surface area contributed by atoms with Crippen LogP contribution >= 0.6 is 0 Å². The molecule has 64 valence electrons. The molecule has 0 unspecified atom stereocenters. The molecule has 2 nitrogen and oxygen atoms in total. The molecule has 0 saturated heterocycles. The lowest BCUT2D eigenvalue weighted by molar-refractivity contribution is 0.475. The zero-order chi connectivity index (χ0) is 9.10. The molecular formula is C11H9NO. The average molecular weight is 171 g/mol. The van der Waals surface area contributed by atoms with Gasteiger partial charge < -0.3 is 5.11 Å². The maximum Gasteiger partial charge on any atom is 0.117 e. The van der Waals surface area contributed by atoms with E-state index in [1.54, 1.807) is 18.3 Å². The van der Waals surface area contributed by atoms with Gasteiger partial charge in [0.25, 0.3) is 0 Å². The normalized spacial score (nSPS) is 20.9. The summed E-state index contributed by atoms with van der Waals surface area (Å²) in [6, 6.07) is 5.15. The van der Waals surface area contributed by atoms with Crippen LogP contribution in [0.4, 0.5) is 5.69 Å². The molecule has 2 heteroatoms. The van der Waals surface area contributed by atoms with Gasteiger partial charge in [0, 0.05) is 17.8 Å². The molecule has 0 fully saturated rings. The minimum Gasteiger partial charge on any atom is -0.508 e. The highest BCUT2D eigenvalue weighted by atomic mass is 16.3. The molecule has 1 aliphatic heterocycles. The number of phenols is 1. The van der Waals surface area contributed by atoms with Crippen LogP contribution in [-0.4, -0.2) is 11.3 Å². The van der Waals surface area contributed by atoms with Crippen molar-refractivity contribution in [3.05, 3.63) is 42.0 Å². The summed E-state index contributed by atoms with van der Waals surface area (Å²) < 4.78 is 0. The van der Waals surface area contributed by atoms with Gasteiger partial charge in [-0.1, -0.05) is 18.2 Å². The van der Waals surface area contributed by atoms with Gasteiger partial charge in [-0.3, -0.25) is 4.99 Å². The lowest BCUT2D eigenvalue weighted by Crippen LogP contribution is -1.77. The monoisotopic (exact) mass is 171 g/mol. The van der Waals surface area contributed by atoms with Crippen LogP contribution in [0.1, 0.15) is 5.56 Å². The van der Waals surface area contributed by atoms with E-state index in [0.29, 0.717) is 0 Å². The molecule has 1 aromatic carbocycles. The third-order valence-corrected chi connectivity index (χ3v) is 1.81. The van der Waals surface area contributed by atoms with Gasteiger partial charge in [0.15, 0.2) is 0 Å². The summed E-state index contributed by atoms with van der Waals surface area (Å²) in [7, 11) is 0. The third kappa shape index (κ3) is 1.67. The Hall–Kier alpha value is -1.83. The molecule has 0 aliphatic carbocycles. The van der Waals surface area contributed by atoms with Crippen molar-refractivity contribution in [2.75, 3.05) is 0 Å². The standard InChI is InChI=1S/C11H9NO/c13-10-6-5-9-4-2-1-3-7-12-11(9)8-10/h1-8,13H/b2-1?,3-1-,4-2-,7-3?,9-4?,12-7-,12-11?. The first-order valence-electron chi connectivity index (χ1n) is 4.07. The Kier molecular flexibility index (Phi) is 1.96. The molecule has 0 spiro atoms. The van der Waals surface area contributed by atoms with Gasteiger partial charge in [0.05, 0.1) is 5.69 Å². The van der Waals surface area contributed by atoms with Crippen LogP contribution in [0.15, 0.2) is 41.4 Å². The average Bonchev–Trinajstić information content (AvgIpc) is 2.08. The van der Waals surface area contributed by atoms with Gasteiger partial charge >= 0.3 is 0 Å². The summed E-state index contributed by atoms with van der Waals surface area (Å²) in [4.78, 5) is 4.18. The number of aromatic hydroxyl groups is 1. The first-order valence-corrected chi connectivity index (χ1v) is 4.07. The van der Waals surface area contributed by atoms with Crippen molar-refractivity contribution in [3.63, 3.8) is 0 Å². The molecule has 0 aromatic heterocycles. The fourth-order valence-electron chi connectivity index (χ4n) is 1.18. The number of allylic oxidation sites excluding steroid dienone is 3. The maximum absolute atomic E-state index is 9.23. The highest BCUT2D eigenvalue weighted by Gasteiger charge is 1.98. The lowest BCUT2D eigenvalue weighted by Gasteiger charge is -2.01. The van der Waals surface area contributed by atoms with Crippen LogP contribution in [0, 0.1) is 0 Å². The van der Waals surface area contributed by atoms with Gasteiger partial charge in [-0.15, -0.1) is 0 Å². The van der Waals surface area contributed by atoms with Gasteiger partial charge in [-0.25, -0.2) is 0 Å². The van der Waals surface area contributed by atoms with E-state index in [2.05, 4.69) is 4.99 Å². The van der Waals surface area contributed by atoms with Gasteiger partial charge in [-0.05, 0) is 18.2 Å².